The summed E-state index contributed by atoms with van der Waals surface area (Å²) in [5, 5.41) is 8.77. The number of ketones is 1. The number of thioether (sulfide) groups is 1. The Morgan fingerprint density at radius 2 is 1.82 bits per heavy atom. The number of aromatic hydroxyl groups is 1. The van der Waals surface area contributed by atoms with Gasteiger partial charge in [0.05, 0.1) is 4.91 Å². The molecule has 1 aliphatic heterocycles. The Bertz CT molecular complexity index is 998. The molecule has 2 aromatic carbocycles. The van der Waals surface area contributed by atoms with E-state index in [0.29, 0.717) is 18.4 Å². The van der Waals surface area contributed by atoms with Gasteiger partial charge in [0.1, 0.15) is 17.6 Å². The van der Waals surface area contributed by atoms with E-state index in [1.807, 2.05) is 0 Å². The highest BCUT2D eigenvalue weighted by atomic mass is 32.2. The molecule has 2 fully saturated rings. The molecule has 1 unspecified atom stereocenters. The molecule has 2 aliphatic rings. The van der Waals surface area contributed by atoms with Crippen molar-refractivity contribution in [1.29, 1.82) is 0 Å². The van der Waals surface area contributed by atoms with Crippen molar-refractivity contribution in [3.8, 4) is 5.75 Å². The van der Waals surface area contributed by atoms with Crippen molar-refractivity contribution < 1.29 is 23.9 Å². The van der Waals surface area contributed by atoms with Gasteiger partial charge < -0.3 is 5.11 Å². The number of carbonyl (C=O) groups is 3. The average Bonchev–Trinajstić information content (AvgIpc) is 3.48. The maximum atomic E-state index is 14.4. The monoisotopic (exact) mass is 397 g/mol. The van der Waals surface area contributed by atoms with Gasteiger partial charge in [-0.3, -0.25) is 19.3 Å². The van der Waals surface area contributed by atoms with Crippen LogP contribution in [-0.4, -0.2) is 26.9 Å². The fourth-order valence-electron chi connectivity index (χ4n) is 3.13. The van der Waals surface area contributed by atoms with E-state index in [1.54, 1.807) is 18.2 Å². The van der Waals surface area contributed by atoms with Gasteiger partial charge in [-0.05, 0) is 54.4 Å². The Morgan fingerprint density at radius 1 is 1.14 bits per heavy atom. The molecule has 28 heavy (non-hydrogen) atoms. The highest BCUT2D eigenvalue weighted by Crippen LogP contribution is 2.43. The van der Waals surface area contributed by atoms with Crippen molar-refractivity contribution in [1.82, 2.24) is 4.90 Å². The zero-order chi connectivity index (χ0) is 19.8. The van der Waals surface area contributed by atoms with E-state index >= 15 is 0 Å². The van der Waals surface area contributed by atoms with Crippen LogP contribution in [-0.2, 0) is 9.59 Å². The van der Waals surface area contributed by atoms with E-state index in [9.17, 15) is 23.9 Å². The average molecular weight is 397 g/mol. The number of imide groups is 1. The lowest BCUT2D eigenvalue weighted by molar-refractivity contribution is -0.133. The van der Waals surface area contributed by atoms with Gasteiger partial charge in [0.15, 0.2) is 5.78 Å². The molecule has 142 valence electrons. The van der Waals surface area contributed by atoms with Gasteiger partial charge >= 0.3 is 0 Å². The molecule has 1 aliphatic carbocycles. The lowest BCUT2D eigenvalue weighted by Gasteiger charge is -2.25. The molecule has 7 heteroatoms. The van der Waals surface area contributed by atoms with Crippen LogP contribution >= 0.6 is 11.8 Å². The van der Waals surface area contributed by atoms with Crippen LogP contribution < -0.4 is 0 Å². The maximum Gasteiger partial charge on any atom is 0.294 e. The molecule has 2 aromatic rings. The first-order chi connectivity index (χ1) is 13.5. The molecule has 1 saturated heterocycles. The molecule has 1 atom stereocenters. The van der Waals surface area contributed by atoms with Gasteiger partial charge in [-0.1, -0.05) is 30.3 Å². The fraction of sp³-hybridized carbons (Fsp3) is 0.190. The molecule has 1 saturated carbocycles. The number of phenolic OH excluding ortho intramolecular Hbond substituents is 1. The Balaban J connectivity index is 1.71. The third-order valence-electron chi connectivity index (χ3n) is 4.72. The molecule has 1 heterocycles. The summed E-state index contributed by atoms with van der Waals surface area (Å²) in [7, 11) is 0. The van der Waals surface area contributed by atoms with Crippen LogP contribution in [0.25, 0.3) is 6.08 Å². The summed E-state index contributed by atoms with van der Waals surface area (Å²) in [6, 6.07) is 10.6. The van der Waals surface area contributed by atoms with E-state index < -0.39 is 23.0 Å². The van der Waals surface area contributed by atoms with Gasteiger partial charge in [-0.2, -0.15) is 0 Å². The SMILES string of the molecule is O=C(C1CC1)C(c1ccccc1F)N1C(=O)S/C(=C\c2ccc(O)cc2)C1=O. The predicted molar refractivity (Wildman–Crippen MR) is 103 cm³/mol. The Labute approximate surface area is 164 Å². The molecule has 0 spiro atoms. The Kier molecular flexibility index (Phi) is 4.77. The number of hydrogen-bond acceptors (Lipinski definition) is 5. The number of halogens is 1. The number of phenols is 1. The molecule has 0 bridgehead atoms. The first-order valence-electron chi connectivity index (χ1n) is 8.80. The summed E-state index contributed by atoms with van der Waals surface area (Å²) in [4.78, 5) is 39.5. The first kappa shape index (κ1) is 18.4. The predicted octanol–water partition coefficient (Wildman–Crippen LogP) is 4.29. The van der Waals surface area contributed by atoms with Crippen LogP contribution in [0.4, 0.5) is 9.18 Å². The van der Waals surface area contributed by atoms with Crippen molar-refractivity contribution in [2.24, 2.45) is 5.92 Å². The van der Waals surface area contributed by atoms with Gasteiger partial charge in [0.2, 0.25) is 0 Å². The van der Waals surface area contributed by atoms with Crippen molar-refractivity contribution in [2.75, 3.05) is 0 Å². The van der Waals surface area contributed by atoms with Crippen molar-refractivity contribution in [3.05, 3.63) is 70.4 Å². The van der Waals surface area contributed by atoms with E-state index in [4.69, 9.17) is 0 Å². The van der Waals surface area contributed by atoms with Crippen LogP contribution in [0.5, 0.6) is 5.75 Å². The zero-order valence-electron chi connectivity index (χ0n) is 14.7. The number of nitrogens with zero attached hydrogens (tertiary/aromatic N) is 1. The summed E-state index contributed by atoms with van der Waals surface area (Å²) in [5.41, 5.74) is 0.659. The number of Topliss-reactive ketones (excluding diaryl/α,β-unsaturated/α-hetero) is 1. The lowest BCUT2D eigenvalue weighted by Crippen LogP contribution is -2.38. The summed E-state index contributed by atoms with van der Waals surface area (Å²) in [6.07, 6.45) is 2.89. The second-order valence-corrected chi connectivity index (χ2v) is 7.74. The second-order valence-electron chi connectivity index (χ2n) is 6.74. The minimum absolute atomic E-state index is 0.0348. The zero-order valence-corrected chi connectivity index (χ0v) is 15.5. The van der Waals surface area contributed by atoms with E-state index in [1.165, 1.54) is 36.4 Å². The van der Waals surface area contributed by atoms with Crippen LogP contribution in [0, 0.1) is 11.7 Å². The van der Waals surface area contributed by atoms with Crippen LogP contribution in [0.15, 0.2) is 53.4 Å². The van der Waals surface area contributed by atoms with Crippen molar-refractivity contribution in [3.63, 3.8) is 0 Å². The van der Waals surface area contributed by atoms with Crippen LogP contribution in [0.1, 0.15) is 30.0 Å². The summed E-state index contributed by atoms with van der Waals surface area (Å²) < 4.78 is 14.4. The molecule has 5 nitrogen and oxygen atoms in total. The van der Waals surface area contributed by atoms with Gasteiger partial charge in [0.25, 0.3) is 11.1 Å². The molecular weight excluding hydrogens is 381 g/mol. The summed E-state index contributed by atoms with van der Waals surface area (Å²) in [6.45, 7) is 0. The maximum absolute atomic E-state index is 14.4. The van der Waals surface area contributed by atoms with Gasteiger partial charge in [0, 0.05) is 11.5 Å². The Morgan fingerprint density at radius 3 is 2.46 bits per heavy atom. The highest BCUT2D eigenvalue weighted by molar-refractivity contribution is 8.18. The molecule has 0 radical (unpaired) electrons. The third kappa shape index (κ3) is 3.45. The van der Waals surface area contributed by atoms with Gasteiger partial charge in [-0.15, -0.1) is 0 Å². The lowest BCUT2D eigenvalue weighted by atomic mass is 9.97. The topological polar surface area (TPSA) is 74.7 Å². The normalized spacial score (nSPS) is 19.3. The first-order valence-corrected chi connectivity index (χ1v) is 9.61. The Hall–Kier alpha value is -2.93. The van der Waals surface area contributed by atoms with Crippen molar-refractivity contribution >= 4 is 34.8 Å². The third-order valence-corrected chi connectivity index (χ3v) is 5.61. The van der Waals surface area contributed by atoms with Crippen LogP contribution in [0.3, 0.4) is 0 Å². The molecule has 1 N–H and O–H groups in total. The summed E-state index contributed by atoms with van der Waals surface area (Å²) in [5.74, 6) is -1.72. The van der Waals surface area contributed by atoms with Gasteiger partial charge in [-0.25, -0.2) is 4.39 Å². The fourth-order valence-corrected chi connectivity index (χ4v) is 3.99. The molecule has 4 rings (SSSR count). The van der Waals surface area contributed by atoms with E-state index in [0.717, 1.165) is 16.7 Å². The van der Waals surface area contributed by atoms with E-state index in [-0.39, 0.29) is 27.9 Å². The minimum atomic E-state index is -1.26. The highest BCUT2D eigenvalue weighted by Gasteiger charge is 2.47. The minimum Gasteiger partial charge on any atom is -0.508 e. The summed E-state index contributed by atoms with van der Waals surface area (Å²) >= 11 is 0.721. The number of carbonyl (C=O) groups excluding carboxylic acids is 3. The standard InChI is InChI=1S/C21H16FNO4S/c22-16-4-2-1-3-15(16)18(19(25)13-7-8-13)23-20(26)17(28-21(23)27)11-12-5-9-14(24)10-6-12/h1-6,9-11,13,18,24H,7-8H2/b17-11-. The number of benzene rings is 2. The van der Waals surface area contributed by atoms with Crippen molar-refractivity contribution in [2.45, 2.75) is 18.9 Å². The largest absolute Gasteiger partial charge is 0.508 e. The second kappa shape index (κ2) is 7.24. The van der Waals surface area contributed by atoms with Crippen LogP contribution in [0.2, 0.25) is 0 Å². The molecular formula is C21H16FNO4S. The number of amides is 2. The smallest absolute Gasteiger partial charge is 0.294 e. The molecule has 0 aromatic heterocycles. The quantitative estimate of drug-likeness (QED) is 0.762. The number of hydrogen-bond donors (Lipinski definition) is 1. The van der Waals surface area contributed by atoms with E-state index in [2.05, 4.69) is 0 Å². The molecule has 2 amide bonds. The number of rotatable bonds is 5.